The molecule has 0 radical (unpaired) electrons. The smallest absolute Gasteiger partial charge is 0.243 e. The van der Waals surface area contributed by atoms with Crippen LogP contribution < -0.4 is 5.32 Å². The van der Waals surface area contributed by atoms with Crippen molar-refractivity contribution in [2.75, 3.05) is 7.05 Å². The fourth-order valence-corrected chi connectivity index (χ4v) is 3.99. The number of aromatic nitrogens is 1. The van der Waals surface area contributed by atoms with E-state index in [-0.39, 0.29) is 0 Å². The highest BCUT2D eigenvalue weighted by molar-refractivity contribution is 7.89. The van der Waals surface area contributed by atoms with Crippen molar-refractivity contribution in [2.45, 2.75) is 24.5 Å². The molecule has 0 aliphatic carbocycles. The molecule has 0 saturated carbocycles. The van der Waals surface area contributed by atoms with Gasteiger partial charge in [0.2, 0.25) is 10.0 Å². The van der Waals surface area contributed by atoms with Gasteiger partial charge < -0.3 is 5.32 Å². The zero-order valence-corrected chi connectivity index (χ0v) is 16.1. The van der Waals surface area contributed by atoms with E-state index in [1.54, 1.807) is 31.4 Å². The SMILES string of the molecule is CN(Cc1ccccc1)S(=O)(=O)c1cccc(CNCc2ccccn2)c1. The summed E-state index contributed by atoms with van der Waals surface area (Å²) in [6.07, 6.45) is 1.76. The van der Waals surface area contributed by atoms with Crippen LogP contribution in [0.25, 0.3) is 0 Å². The number of nitrogens with one attached hydrogen (secondary N) is 1. The van der Waals surface area contributed by atoms with Crippen molar-refractivity contribution in [3.8, 4) is 0 Å². The Labute approximate surface area is 160 Å². The zero-order valence-electron chi connectivity index (χ0n) is 15.2. The summed E-state index contributed by atoms with van der Waals surface area (Å²) in [6, 6.07) is 22.4. The molecule has 2 aromatic carbocycles. The van der Waals surface area contributed by atoms with Gasteiger partial charge in [0.25, 0.3) is 0 Å². The quantitative estimate of drug-likeness (QED) is 0.651. The molecule has 0 aliphatic heterocycles. The Kier molecular flexibility index (Phi) is 6.34. The summed E-state index contributed by atoms with van der Waals surface area (Å²) in [5.41, 5.74) is 2.82. The Bertz CT molecular complexity index is 961. The van der Waals surface area contributed by atoms with Crippen molar-refractivity contribution in [3.05, 3.63) is 95.8 Å². The van der Waals surface area contributed by atoms with Crippen LogP contribution in [0.15, 0.2) is 83.9 Å². The maximum atomic E-state index is 12.9. The Morgan fingerprint density at radius 2 is 1.63 bits per heavy atom. The third-order valence-electron chi connectivity index (χ3n) is 4.22. The Morgan fingerprint density at radius 3 is 2.37 bits per heavy atom. The second-order valence-electron chi connectivity index (χ2n) is 6.32. The highest BCUT2D eigenvalue weighted by Gasteiger charge is 2.21. The molecule has 0 spiro atoms. The number of pyridine rings is 1. The summed E-state index contributed by atoms with van der Waals surface area (Å²) < 4.78 is 27.1. The van der Waals surface area contributed by atoms with Gasteiger partial charge in [-0.2, -0.15) is 4.31 Å². The van der Waals surface area contributed by atoms with Gasteiger partial charge >= 0.3 is 0 Å². The van der Waals surface area contributed by atoms with Gasteiger partial charge in [0.05, 0.1) is 10.6 Å². The summed E-state index contributed by atoms with van der Waals surface area (Å²) in [6.45, 7) is 1.54. The van der Waals surface area contributed by atoms with E-state index in [2.05, 4.69) is 10.3 Å². The van der Waals surface area contributed by atoms with Crippen LogP contribution in [0, 0.1) is 0 Å². The van der Waals surface area contributed by atoms with E-state index in [4.69, 9.17) is 0 Å². The van der Waals surface area contributed by atoms with E-state index in [0.717, 1.165) is 16.8 Å². The van der Waals surface area contributed by atoms with Crippen molar-refractivity contribution in [2.24, 2.45) is 0 Å². The van der Waals surface area contributed by atoms with E-state index in [0.29, 0.717) is 24.5 Å². The highest BCUT2D eigenvalue weighted by Crippen LogP contribution is 2.18. The molecule has 0 unspecified atom stereocenters. The summed E-state index contributed by atoms with van der Waals surface area (Å²) in [4.78, 5) is 4.57. The highest BCUT2D eigenvalue weighted by atomic mass is 32.2. The van der Waals surface area contributed by atoms with E-state index < -0.39 is 10.0 Å². The van der Waals surface area contributed by atoms with Gasteiger partial charge in [-0.05, 0) is 35.4 Å². The molecule has 3 rings (SSSR count). The molecular formula is C21H23N3O2S. The largest absolute Gasteiger partial charge is 0.307 e. The van der Waals surface area contributed by atoms with Gasteiger partial charge in [0.15, 0.2) is 0 Å². The number of rotatable bonds is 8. The zero-order chi connectivity index (χ0) is 19.1. The average Bonchev–Trinajstić information content (AvgIpc) is 2.70. The number of benzene rings is 2. The molecule has 140 valence electrons. The van der Waals surface area contributed by atoms with Crippen molar-refractivity contribution in [3.63, 3.8) is 0 Å². The average molecular weight is 382 g/mol. The van der Waals surface area contributed by atoms with E-state index in [1.807, 2.05) is 54.6 Å². The van der Waals surface area contributed by atoms with Crippen LogP contribution in [0.4, 0.5) is 0 Å². The molecular weight excluding hydrogens is 358 g/mol. The molecule has 0 saturated heterocycles. The Balaban J connectivity index is 1.66. The molecule has 1 aromatic heterocycles. The van der Waals surface area contributed by atoms with Gasteiger partial charge in [-0.1, -0.05) is 48.5 Å². The first kappa shape index (κ1) is 19.2. The minimum Gasteiger partial charge on any atom is -0.307 e. The van der Waals surface area contributed by atoms with Crippen molar-refractivity contribution >= 4 is 10.0 Å². The maximum absolute atomic E-state index is 12.9. The summed E-state index contributed by atoms with van der Waals surface area (Å²) in [7, 11) is -1.94. The maximum Gasteiger partial charge on any atom is 0.243 e. The molecule has 3 aromatic rings. The third kappa shape index (κ3) is 5.23. The fraction of sp³-hybridized carbons (Fsp3) is 0.190. The molecule has 1 heterocycles. The van der Waals surface area contributed by atoms with Crippen LogP contribution in [0.2, 0.25) is 0 Å². The lowest BCUT2D eigenvalue weighted by Crippen LogP contribution is -2.26. The van der Waals surface area contributed by atoms with Crippen molar-refractivity contribution in [1.82, 2.24) is 14.6 Å². The first-order chi connectivity index (χ1) is 13.1. The van der Waals surface area contributed by atoms with E-state index >= 15 is 0 Å². The molecule has 0 bridgehead atoms. The standard InChI is InChI=1S/C21H23N3O2S/c1-24(17-18-8-3-2-4-9-18)27(25,26)21-12-7-10-19(14-21)15-22-16-20-11-5-6-13-23-20/h2-14,22H,15-17H2,1H3. The fourth-order valence-electron chi connectivity index (χ4n) is 2.76. The number of hydrogen-bond acceptors (Lipinski definition) is 4. The van der Waals surface area contributed by atoms with Gasteiger partial charge in [-0.25, -0.2) is 8.42 Å². The second kappa shape index (κ2) is 8.90. The molecule has 6 heteroatoms. The van der Waals surface area contributed by atoms with Crippen LogP contribution in [-0.2, 0) is 29.7 Å². The van der Waals surface area contributed by atoms with Gasteiger partial charge in [-0.15, -0.1) is 0 Å². The van der Waals surface area contributed by atoms with Crippen LogP contribution in [0.5, 0.6) is 0 Å². The van der Waals surface area contributed by atoms with Gasteiger partial charge in [0.1, 0.15) is 0 Å². The molecule has 0 fully saturated rings. The van der Waals surface area contributed by atoms with Gasteiger partial charge in [0, 0.05) is 32.9 Å². The Morgan fingerprint density at radius 1 is 0.889 bits per heavy atom. The monoisotopic (exact) mass is 381 g/mol. The predicted octanol–water partition coefficient (Wildman–Crippen LogP) is 3.19. The van der Waals surface area contributed by atoms with E-state index in [9.17, 15) is 8.42 Å². The Hall–Kier alpha value is -2.54. The van der Waals surface area contributed by atoms with Crippen LogP contribution in [0.3, 0.4) is 0 Å². The number of sulfonamides is 1. The first-order valence-electron chi connectivity index (χ1n) is 8.75. The number of nitrogens with zero attached hydrogens (tertiary/aromatic N) is 2. The first-order valence-corrected chi connectivity index (χ1v) is 10.2. The van der Waals surface area contributed by atoms with Crippen LogP contribution >= 0.6 is 0 Å². The minimum absolute atomic E-state index is 0.304. The minimum atomic E-state index is -3.54. The van der Waals surface area contributed by atoms with Gasteiger partial charge in [-0.3, -0.25) is 4.98 Å². The molecule has 0 aliphatic rings. The number of hydrogen-bond donors (Lipinski definition) is 1. The molecule has 1 N–H and O–H groups in total. The normalized spacial score (nSPS) is 11.6. The second-order valence-corrected chi connectivity index (χ2v) is 8.36. The lowest BCUT2D eigenvalue weighted by atomic mass is 10.2. The third-order valence-corrected chi connectivity index (χ3v) is 6.02. The lowest BCUT2D eigenvalue weighted by molar-refractivity contribution is 0.466. The van der Waals surface area contributed by atoms with Crippen LogP contribution in [-0.4, -0.2) is 24.8 Å². The lowest BCUT2D eigenvalue weighted by Gasteiger charge is -2.18. The summed E-state index contributed by atoms with van der Waals surface area (Å²) >= 11 is 0. The summed E-state index contributed by atoms with van der Waals surface area (Å²) in [5, 5.41) is 3.29. The van der Waals surface area contributed by atoms with Crippen LogP contribution in [0.1, 0.15) is 16.8 Å². The molecule has 0 amide bonds. The van der Waals surface area contributed by atoms with Crippen molar-refractivity contribution < 1.29 is 8.42 Å². The molecule has 5 nitrogen and oxygen atoms in total. The summed E-state index contributed by atoms with van der Waals surface area (Å²) in [5.74, 6) is 0. The predicted molar refractivity (Wildman–Crippen MR) is 106 cm³/mol. The topological polar surface area (TPSA) is 62.3 Å². The van der Waals surface area contributed by atoms with Crippen molar-refractivity contribution in [1.29, 1.82) is 0 Å². The molecule has 27 heavy (non-hydrogen) atoms. The molecule has 0 atom stereocenters. The van der Waals surface area contributed by atoms with E-state index in [1.165, 1.54) is 4.31 Å².